The highest BCUT2D eigenvalue weighted by Crippen LogP contribution is 2.50. The minimum Gasteiger partial charge on any atom is -0.455 e. The molecule has 0 N–H and O–H groups in total. The molecule has 1 aliphatic carbocycles. The lowest BCUT2D eigenvalue weighted by atomic mass is 9.79. The number of furan rings is 1. The maximum absolute atomic E-state index is 7.03. The van der Waals surface area contributed by atoms with Crippen LogP contribution in [0.15, 0.2) is 167 Å². The molecule has 2 aromatic heterocycles. The van der Waals surface area contributed by atoms with Crippen molar-refractivity contribution in [2.24, 2.45) is 0 Å². The Kier molecular flexibility index (Phi) is 6.62. The maximum Gasteiger partial charge on any atom is 0.143 e. The van der Waals surface area contributed by atoms with Crippen LogP contribution in [-0.2, 0) is 6.42 Å². The van der Waals surface area contributed by atoms with Crippen molar-refractivity contribution in [2.75, 3.05) is 0 Å². The standard InChI is InChI=1S/C50H32OS/c1-2-14-31(15-3-1)45-33-16-4-8-20-37(33)47(38-21-9-5-17-34(38)45)41-24-13-27-44-49(41)43-26-12-25-42(50(43)51-44)48-39-22-10-6-18-35(39)46(32-28-29-52-30-32)36-19-7-11-23-40(36)48/h1-4,6-16,18-30H,5,17H2. The van der Waals surface area contributed by atoms with Crippen LogP contribution in [-0.4, -0.2) is 0 Å². The predicted octanol–water partition coefficient (Wildman–Crippen LogP) is 14.7. The molecular formula is C50H32OS. The van der Waals surface area contributed by atoms with Gasteiger partial charge in [-0.05, 0) is 113 Å². The molecule has 244 valence electrons. The van der Waals surface area contributed by atoms with Crippen molar-refractivity contribution in [3.8, 4) is 44.5 Å². The Bertz CT molecular complexity index is 2990. The van der Waals surface area contributed by atoms with Crippen LogP contribution < -0.4 is 0 Å². The van der Waals surface area contributed by atoms with Crippen LogP contribution in [0.2, 0.25) is 0 Å². The Morgan fingerprint density at radius 1 is 0.462 bits per heavy atom. The van der Waals surface area contributed by atoms with Crippen molar-refractivity contribution >= 4 is 71.7 Å². The molecule has 0 unspecified atom stereocenters. The van der Waals surface area contributed by atoms with Crippen molar-refractivity contribution in [2.45, 2.75) is 12.8 Å². The van der Waals surface area contributed by atoms with E-state index < -0.39 is 0 Å². The summed E-state index contributed by atoms with van der Waals surface area (Å²) in [5, 5.41) is 14.3. The summed E-state index contributed by atoms with van der Waals surface area (Å²) in [7, 11) is 0. The highest BCUT2D eigenvalue weighted by Gasteiger charge is 2.25. The van der Waals surface area contributed by atoms with E-state index in [1.165, 1.54) is 87.8 Å². The molecule has 0 aliphatic heterocycles. The van der Waals surface area contributed by atoms with Gasteiger partial charge >= 0.3 is 0 Å². The summed E-state index contributed by atoms with van der Waals surface area (Å²) in [4.78, 5) is 0. The van der Waals surface area contributed by atoms with Crippen LogP contribution in [0.5, 0.6) is 0 Å². The number of thiophene rings is 1. The SMILES string of the molecule is C1=Cc2c(c(-c3ccccc3)c3ccccc3c2-c2cccc3oc4c(-c5c6ccccc6c(-c6ccsc6)c6ccccc56)cccc4c23)CC1. The summed E-state index contributed by atoms with van der Waals surface area (Å²) in [6, 6.07) is 53.2. The van der Waals surface area contributed by atoms with E-state index in [0.717, 1.165) is 35.0 Å². The van der Waals surface area contributed by atoms with E-state index in [9.17, 15) is 0 Å². The van der Waals surface area contributed by atoms with Gasteiger partial charge < -0.3 is 4.42 Å². The van der Waals surface area contributed by atoms with E-state index >= 15 is 0 Å². The number of hydrogen-bond donors (Lipinski definition) is 0. The van der Waals surface area contributed by atoms with E-state index in [4.69, 9.17) is 4.42 Å². The van der Waals surface area contributed by atoms with Gasteiger partial charge in [0.1, 0.15) is 11.2 Å². The second-order valence-electron chi connectivity index (χ2n) is 13.8. The number of benzene rings is 8. The van der Waals surface area contributed by atoms with Gasteiger partial charge in [-0.15, -0.1) is 0 Å². The number of para-hydroxylation sites is 1. The lowest BCUT2D eigenvalue weighted by Crippen LogP contribution is -2.02. The molecule has 52 heavy (non-hydrogen) atoms. The normalized spacial score (nSPS) is 12.8. The van der Waals surface area contributed by atoms with Gasteiger partial charge in [-0.2, -0.15) is 11.3 Å². The summed E-state index contributed by atoms with van der Waals surface area (Å²) >= 11 is 1.75. The first kappa shape index (κ1) is 29.5. The fraction of sp³-hybridized carbons (Fsp3) is 0.0400. The van der Waals surface area contributed by atoms with Crippen LogP contribution in [0.4, 0.5) is 0 Å². The van der Waals surface area contributed by atoms with Gasteiger partial charge in [0.25, 0.3) is 0 Å². The molecule has 11 rings (SSSR count). The Morgan fingerprint density at radius 3 is 1.75 bits per heavy atom. The third-order valence-electron chi connectivity index (χ3n) is 11.1. The second kappa shape index (κ2) is 11.7. The van der Waals surface area contributed by atoms with Crippen molar-refractivity contribution in [1.82, 2.24) is 0 Å². The van der Waals surface area contributed by atoms with E-state index in [1.54, 1.807) is 11.3 Å². The zero-order valence-corrected chi connectivity index (χ0v) is 29.2. The van der Waals surface area contributed by atoms with Crippen molar-refractivity contribution in [3.05, 3.63) is 174 Å². The quantitative estimate of drug-likeness (QED) is 0.169. The topological polar surface area (TPSA) is 13.1 Å². The zero-order valence-electron chi connectivity index (χ0n) is 28.4. The predicted molar refractivity (Wildman–Crippen MR) is 223 cm³/mol. The van der Waals surface area contributed by atoms with Gasteiger partial charge in [-0.1, -0.05) is 146 Å². The molecule has 10 aromatic rings. The molecule has 0 saturated carbocycles. The molecule has 1 aliphatic rings. The number of fused-ring (bicyclic) bond motifs is 7. The van der Waals surface area contributed by atoms with Crippen molar-refractivity contribution in [1.29, 1.82) is 0 Å². The first-order valence-corrected chi connectivity index (χ1v) is 19.0. The lowest BCUT2D eigenvalue weighted by molar-refractivity contribution is 0.670. The summed E-state index contributed by atoms with van der Waals surface area (Å²) < 4.78 is 7.03. The van der Waals surface area contributed by atoms with E-state index in [-0.39, 0.29) is 0 Å². The monoisotopic (exact) mass is 680 g/mol. The largest absolute Gasteiger partial charge is 0.455 e. The van der Waals surface area contributed by atoms with Crippen LogP contribution in [0.1, 0.15) is 17.5 Å². The number of rotatable bonds is 4. The minimum atomic E-state index is 0.910. The highest BCUT2D eigenvalue weighted by atomic mass is 32.1. The highest BCUT2D eigenvalue weighted by molar-refractivity contribution is 7.08. The fourth-order valence-electron chi connectivity index (χ4n) is 9.00. The van der Waals surface area contributed by atoms with E-state index in [1.807, 2.05) is 0 Å². The van der Waals surface area contributed by atoms with Gasteiger partial charge in [0.15, 0.2) is 0 Å². The molecule has 0 amide bonds. The maximum atomic E-state index is 7.03. The summed E-state index contributed by atoms with van der Waals surface area (Å²) in [6.07, 6.45) is 6.77. The lowest BCUT2D eigenvalue weighted by Gasteiger charge is -2.24. The first-order valence-electron chi connectivity index (χ1n) is 18.1. The van der Waals surface area contributed by atoms with Gasteiger partial charge in [0, 0.05) is 21.9 Å². The molecule has 0 fully saturated rings. The van der Waals surface area contributed by atoms with Crippen molar-refractivity contribution in [3.63, 3.8) is 0 Å². The summed E-state index contributed by atoms with van der Waals surface area (Å²) in [5.74, 6) is 0. The average Bonchev–Trinajstić information content (AvgIpc) is 3.88. The van der Waals surface area contributed by atoms with Gasteiger partial charge in [0.2, 0.25) is 0 Å². The molecule has 0 spiro atoms. The zero-order chi connectivity index (χ0) is 34.2. The molecule has 0 radical (unpaired) electrons. The molecule has 0 atom stereocenters. The minimum absolute atomic E-state index is 0.910. The smallest absolute Gasteiger partial charge is 0.143 e. The molecule has 1 nitrogen and oxygen atoms in total. The second-order valence-corrected chi connectivity index (χ2v) is 14.6. The summed E-state index contributed by atoms with van der Waals surface area (Å²) in [6.45, 7) is 0. The van der Waals surface area contributed by atoms with Gasteiger partial charge in [0.05, 0.1) is 0 Å². The molecule has 2 heterocycles. The van der Waals surface area contributed by atoms with Crippen LogP contribution in [0.25, 0.3) is 105 Å². The Balaban J connectivity index is 1.24. The van der Waals surface area contributed by atoms with Crippen LogP contribution in [0.3, 0.4) is 0 Å². The Morgan fingerprint density at radius 2 is 1.06 bits per heavy atom. The fourth-order valence-corrected chi connectivity index (χ4v) is 9.65. The third kappa shape index (κ3) is 4.28. The Labute approximate surface area is 305 Å². The van der Waals surface area contributed by atoms with Crippen LogP contribution in [0, 0.1) is 0 Å². The van der Waals surface area contributed by atoms with E-state index in [2.05, 4.69) is 169 Å². The van der Waals surface area contributed by atoms with Crippen LogP contribution >= 0.6 is 11.3 Å². The molecule has 0 bridgehead atoms. The third-order valence-corrected chi connectivity index (χ3v) is 11.8. The van der Waals surface area contributed by atoms with E-state index in [0.29, 0.717) is 0 Å². The summed E-state index contributed by atoms with van der Waals surface area (Å²) in [5.41, 5.74) is 14.6. The van der Waals surface area contributed by atoms with Crippen molar-refractivity contribution < 1.29 is 4.42 Å². The van der Waals surface area contributed by atoms with Gasteiger partial charge in [-0.25, -0.2) is 0 Å². The molecular weight excluding hydrogens is 649 g/mol. The molecule has 2 heteroatoms. The van der Waals surface area contributed by atoms with Gasteiger partial charge in [-0.3, -0.25) is 0 Å². The number of hydrogen-bond acceptors (Lipinski definition) is 2. The molecule has 0 saturated heterocycles. The number of allylic oxidation sites excluding steroid dienone is 1. The average molecular weight is 681 g/mol. The Hall–Kier alpha value is -6.22. The molecule has 8 aromatic carbocycles. The first-order chi connectivity index (χ1) is 25.8.